The van der Waals surface area contributed by atoms with Gasteiger partial charge in [0.05, 0.1) is 0 Å². The molecule has 2 rings (SSSR count). The summed E-state index contributed by atoms with van der Waals surface area (Å²) in [5.74, 6) is 0.862. The highest BCUT2D eigenvalue weighted by Crippen LogP contribution is 2.23. The van der Waals surface area contributed by atoms with E-state index in [9.17, 15) is 0 Å². The van der Waals surface area contributed by atoms with Crippen LogP contribution in [0.5, 0.6) is 0 Å². The Morgan fingerprint density at radius 2 is 1.78 bits per heavy atom. The maximum Gasteiger partial charge on any atom is 0.170 e. The van der Waals surface area contributed by atoms with Crippen LogP contribution in [0.1, 0.15) is 32.6 Å². The summed E-state index contributed by atoms with van der Waals surface area (Å²) in [4.78, 5) is 0. The molecule has 0 atom stereocenters. The standard InChI is InChI=1S/C14H19ClN2S/c1-10-2-6-12(7-3-10)16-14(18)17-13-8-4-11(15)5-9-13/h4-5,8-10,12H,2-3,6-7H2,1H3,(H2,16,17,18). The lowest BCUT2D eigenvalue weighted by molar-refractivity contribution is 0.332. The van der Waals surface area contributed by atoms with E-state index in [-0.39, 0.29) is 0 Å². The van der Waals surface area contributed by atoms with Crippen LogP contribution < -0.4 is 10.6 Å². The number of hydrogen-bond acceptors (Lipinski definition) is 1. The van der Waals surface area contributed by atoms with Crippen LogP contribution in [0.3, 0.4) is 0 Å². The van der Waals surface area contributed by atoms with E-state index in [1.807, 2.05) is 24.3 Å². The van der Waals surface area contributed by atoms with Gasteiger partial charge in [0.1, 0.15) is 0 Å². The summed E-state index contributed by atoms with van der Waals surface area (Å²) in [6.45, 7) is 2.32. The van der Waals surface area contributed by atoms with Gasteiger partial charge in [-0.05, 0) is 68.1 Å². The fraction of sp³-hybridized carbons (Fsp3) is 0.500. The summed E-state index contributed by atoms with van der Waals surface area (Å²) in [5.41, 5.74) is 0.973. The molecule has 1 aliphatic carbocycles. The third kappa shape index (κ3) is 4.14. The normalized spacial score (nSPS) is 23.4. The number of thiocarbonyl (C=S) groups is 1. The fourth-order valence-corrected chi connectivity index (χ4v) is 2.70. The first-order chi connectivity index (χ1) is 8.63. The van der Waals surface area contributed by atoms with Crippen LogP contribution in [-0.2, 0) is 0 Å². The van der Waals surface area contributed by atoms with Crippen molar-refractivity contribution in [3.8, 4) is 0 Å². The molecule has 0 heterocycles. The predicted octanol–water partition coefficient (Wildman–Crippen LogP) is 4.21. The largest absolute Gasteiger partial charge is 0.360 e. The molecule has 4 heteroatoms. The van der Waals surface area contributed by atoms with E-state index in [0.717, 1.165) is 16.6 Å². The Hall–Kier alpha value is -0.800. The van der Waals surface area contributed by atoms with Crippen molar-refractivity contribution in [2.24, 2.45) is 5.92 Å². The number of benzene rings is 1. The van der Waals surface area contributed by atoms with Gasteiger partial charge in [0, 0.05) is 16.8 Å². The van der Waals surface area contributed by atoms with Gasteiger partial charge < -0.3 is 10.6 Å². The Morgan fingerprint density at radius 3 is 2.39 bits per heavy atom. The minimum atomic E-state index is 0.522. The van der Waals surface area contributed by atoms with Crippen LogP contribution in [0, 0.1) is 5.92 Å². The second-order valence-electron chi connectivity index (χ2n) is 5.06. The molecule has 0 aliphatic heterocycles. The summed E-state index contributed by atoms with van der Waals surface area (Å²) >= 11 is 11.2. The highest BCUT2D eigenvalue weighted by molar-refractivity contribution is 7.80. The lowest BCUT2D eigenvalue weighted by atomic mass is 9.87. The van der Waals surface area contributed by atoms with Crippen molar-refractivity contribution < 1.29 is 0 Å². The Kier molecular flexibility index (Phi) is 4.84. The van der Waals surface area contributed by atoms with Crippen LogP contribution in [0.2, 0.25) is 5.02 Å². The van der Waals surface area contributed by atoms with Crippen LogP contribution in [0.4, 0.5) is 5.69 Å². The maximum atomic E-state index is 5.84. The molecule has 0 amide bonds. The van der Waals surface area contributed by atoms with Crippen molar-refractivity contribution in [3.05, 3.63) is 29.3 Å². The molecule has 1 fully saturated rings. The van der Waals surface area contributed by atoms with E-state index in [2.05, 4.69) is 17.6 Å². The van der Waals surface area contributed by atoms with Gasteiger partial charge in [-0.2, -0.15) is 0 Å². The Labute approximate surface area is 119 Å². The average molecular weight is 283 g/mol. The van der Waals surface area contributed by atoms with Crippen molar-refractivity contribution >= 4 is 34.6 Å². The third-order valence-electron chi connectivity index (χ3n) is 3.45. The number of halogens is 1. The third-order valence-corrected chi connectivity index (χ3v) is 3.93. The smallest absolute Gasteiger partial charge is 0.170 e. The van der Waals surface area contributed by atoms with Crippen molar-refractivity contribution in [1.82, 2.24) is 5.32 Å². The fourth-order valence-electron chi connectivity index (χ4n) is 2.29. The summed E-state index contributed by atoms with van der Waals surface area (Å²) in [6, 6.07) is 8.09. The molecule has 18 heavy (non-hydrogen) atoms. The molecule has 2 N–H and O–H groups in total. The minimum Gasteiger partial charge on any atom is -0.360 e. The molecular formula is C14H19ClN2S. The molecule has 0 spiro atoms. The molecule has 1 aromatic rings. The zero-order valence-corrected chi connectivity index (χ0v) is 12.2. The Balaban J connectivity index is 1.80. The molecule has 1 aliphatic rings. The van der Waals surface area contributed by atoms with E-state index in [4.69, 9.17) is 23.8 Å². The summed E-state index contributed by atoms with van der Waals surface area (Å²) < 4.78 is 0. The molecule has 0 radical (unpaired) electrons. The zero-order chi connectivity index (χ0) is 13.0. The first kappa shape index (κ1) is 13.6. The van der Waals surface area contributed by atoms with Gasteiger partial charge in [0.2, 0.25) is 0 Å². The second kappa shape index (κ2) is 6.39. The van der Waals surface area contributed by atoms with E-state index in [0.29, 0.717) is 11.2 Å². The molecule has 0 unspecified atom stereocenters. The highest BCUT2D eigenvalue weighted by atomic mass is 35.5. The molecular weight excluding hydrogens is 264 g/mol. The molecule has 0 aromatic heterocycles. The van der Waals surface area contributed by atoms with Crippen molar-refractivity contribution in [2.75, 3.05) is 5.32 Å². The van der Waals surface area contributed by atoms with Crippen LogP contribution in [0.25, 0.3) is 0 Å². The van der Waals surface area contributed by atoms with Gasteiger partial charge in [-0.3, -0.25) is 0 Å². The van der Waals surface area contributed by atoms with Crippen molar-refractivity contribution in [1.29, 1.82) is 0 Å². The van der Waals surface area contributed by atoms with E-state index in [1.54, 1.807) is 0 Å². The molecule has 1 aromatic carbocycles. The van der Waals surface area contributed by atoms with E-state index in [1.165, 1.54) is 25.7 Å². The average Bonchev–Trinajstić information content (AvgIpc) is 2.35. The number of rotatable bonds is 2. The topological polar surface area (TPSA) is 24.1 Å². The van der Waals surface area contributed by atoms with Gasteiger partial charge in [-0.25, -0.2) is 0 Å². The summed E-state index contributed by atoms with van der Waals surface area (Å²) in [5, 5.41) is 8.02. The monoisotopic (exact) mass is 282 g/mol. The summed E-state index contributed by atoms with van der Waals surface area (Å²) in [6.07, 6.45) is 5.01. The van der Waals surface area contributed by atoms with Gasteiger partial charge in [-0.15, -0.1) is 0 Å². The Bertz CT molecular complexity index is 397. The highest BCUT2D eigenvalue weighted by Gasteiger charge is 2.18. The zero-order valence-electron chi connectivity index (χ0n) is 10.6. The predicted molar refractivity (Wildman–Crippen MR) is 82.2 cm³/mol. The van der Waals surface area contributed by atoms with Crippen molar-refractivity contribution in [3.63, 3.8) is 0 Å². The first-order valence-electron chi connectivity index (χ1n) is 6.46. The van der Waals surface area contributed by atoms with Gasteiger partial charge in [-0.1, -0.05) is 18.5 Å². The number of nitrogens with one attached hydrogen (secondary N) is 2. The van der Waals surface area contributed by atoms with Crippen LogP contribution in [0.15, 0.2) is 24.3 Å². The van der Waals surface area contributed by atoms with Gasteiger partial charge in [0.25, 0.3) is 0 Å². The molecule has 0 bridgehead atoms. The van der Waals surface area contributed by atoms with E-state index < -0.39 is 0 Å². The molecule has 2 nitrogen and oxygen atoms in total. The van der Waals surface area contributed by atoms with E-state index >= 15 is 0 Å². The maximum absolute atomic E-state index is 5.84. The Morgan fingerprint density at radius 1 is 1.17 bits per heavy atom. The lowest BCUT2D eigenvalue weighted by Crippen LogP contribution is -2.39. The SMILES string of the molecule is CC1CCC(NC(=S)Nc2ccc(Cl)cc2)CC1. The minimum absolute atomic E-state index is 0.522. The number of hydrogen-bond donors (Lipinski definition) is 2. The molecule has 1 saturated carbocycles. The quantitative estimate of drug-likeness (QED) is 0.795. The van der Waals surface area contributed by atoms with Gasteiger partial charge >= 0.3 is 0 Å². The van der Waals surface area contributed by atoms with Crippen molar-refractivity contribution in [2.45, 2.75) is 38.6 Å². The second-order valence-corrected chi connectivity index (χ2v) is 5.91. The molecule has 98 valence electrons. The summed E-state index contributed by atoms with van der Waals surface area (Å²) in [7, 11) is 0. The van der Waals surface area contributed by atoms with Crippen LogP contribution in [-0.4, -0.2) is 11.2 Å². The molecule has 0 saturated heterocycles. The lowest BCUT2D eigenvalue weighted by Gasteiger charge is -2.28. The van der Waals surface area contributed by atoms with Crippen LogP contribution >= 0.6 is 23.8 Å². The number of anilines is 1. The first-order valence-corrected chi connectivity index (χ1v) is 7.25. The van der Waals surface area contributed by atoms with Gasteiger partial charge in [0.15, 0.2) is 5.11 Å².